The summed E-state index contributed by atoms with van der Waals surface area (Å²) in [6, 6.07) is 12.6. The van der Waals surface area contributed by atoms with Crippen molar-refractivity contribution in [3.63, 3.8) is 0 Å². The van der Waals surface area contributed by atoms with E-state index in [0.717, 1.165) is 74.9 Å². The summed E-state index contributed by atoms with van der Waals surface area (Å²) < 4.78 is 8.10. The van der Waals surface area contributed by atoms with Crippen LogP contribution >= 0.6 is 0 Å². The van der Waals surface area contributed by atoms with E-state index in [9.17, 15) is 0 Å². The third-order valence-corrected chi connectivity index (χ3v) is 5.41. The van der Waals surface area contributed by atoms with Gasteiger partial charge in [0.25, 0.3) is 0 Å². The molecule has 26 heavy (non-hydrogen) atoms. The summed E-state index contributed by atoms with van der Waals surface area (Å²) in [6.07, 6.45) is 3.23. The maximum atomic E-state index is 5.82. The molecule has 6 heteroatoms. The Morgan fingerprint density at radius 2 is 2.00 bits per heavy atom. The van der Waals surface area contributed by atoms with Crippen molar-refractivity contribution in [2.45, 2.75) is 38.5 Å². The number of ether oxygens (including phenoxy) is 1. The first-order valence-electron chi connectivity index (χ1n) is 9.47. The zero-order valence-electron chi connectivity index (χ0n) is 14.8. The lowest BCUT2D eigenvalue weighted by atomic mass is 10.2. The summed E-state index contributed by atoms with van der Waals surface area (Å²) >= 11 is 0. The first kappa shape index (κ1) is 15.9. The molecule has 0 N–H and O–H groups in total. The molecular formula is C20H23N5O. The van der Waals surface area contributed by atoms with Crippen molar-refractivity contribution in [1.29, 1.82) is 0 Å². The van der Waals surface area contributed by atoms with Crippen molar-refractivity contribution in [2.24, 2.45) is 0 Å². The molecule has 0 saturated carbocycles. The molecule has 1 aromatic carbocycles. The second kappa shape index (κ2) is 6.78. The van der Waals surface area contributed by atoms with E-state index in [0.29, 0.717) is 0 Å². The molecule has 4 heterocycles. The summed E-state index contributed by atoms with van der Waals surface area (Å²) in [6.45, 7) is 4.60. The molecular weight excluding hydrogens is 326 g/mol. The van der Waals surface area contributed by atoms with E-state index in [2.05, 4.69) is 50.0 Å². The monoisotopic (exact) mass is 349 g/mol. The van der Waals surface area contributed by atoms with Gasteiger partial charge in [0, 0.05) is 44.6 Å². The Bertz CT molecular complexity index is 915. The Balaban J connectivity index is 1.31. The topological polar surface area (TPSA) is 56.1 Å². The summed E-state index contributed by atoms with van der Waals surface area (Å²) in [4.78, 5) is 7.28. The van der Waals surface area contributed by atoms with Crippen LogP contribution in [0.5, 0.6) is 0 Å². The van der Waals surface area contributed by atoms with E-state index in [4.69, 9.17) is 9.72 Å². The van der Waals surface area contributed by atoms with Crippen LogP contribution in [0.4, 0.5) is 0 Å². The van der Waals surface area contributed by atoms with Crippen LogP contribution in [0.2, 0.25) is 0 Å². The lowest BCUT2D eigenvalue weighted by molar-refractivity contribution is 0.101. The van der Waals surface area contributed by atoms with Crippen molar-refractivity contribution in [1.82, 2.24) is 24.6 Å². The van der Waals surface area contributed by atoms with Crippen LogP contribution in [0.25, 0.3) is 10.9 Å². The first-order valence-corrected chi connectivity index (χ1v) is 9.47. The molecule has 0 amide bonds. The highest BCUT2D eigenvalue weighted by Gasteiger charge is 2.27. The van der Waals surface area contributed by atoms with Crippen LogP contribution in [0.1, 0.15) is 36.3 Å². The normalized spacial score (nSPS) is 21.0. The van der Waals surface area contributed by atoms with Gasteiger partial charge < -0.3 is 9.30 Å². The summed E-state index contributed by atoms with van der Waals surface area (Å²) in [7, 11) is 0. The van der Waals surface area contributed by atoms with Crippen molar-refractivity contribution < 1.29 is 4.74 Å². The zero-order valence-corrected chi connectivity index (χ0v) is 14.8. The van der Waals surface area contributed by atoms with Crippen LogP contribution < -0.4 is 0 Å². The second-order valence-corrected chi connectivity index (χ2v) is 7.15. The fourth-order valence-corrected chi connectivity index (χ4v) is 3.99. The van der Waals surface area contributed by atoms with E-state index in [1.54, 1.807) is 0 Å². The molecule has 1 fully saturated rings. The third-order valence-electron chi connectivity index (χ3n) is 5.41. The Morgan fingerprint density at radius 3 is 2.92 bits per heavy atom. The predicted octanol–water partition coefficient (Wildman–Crippen LogP) is 2.74. The number of para-hydroxylation sites is 1. The molecule has 0 aliphatic carbocycles. The molecule has 0 spiro atoms. The zero-order chi connectivity index (χ0) is 17.3. The van der Waals surface area contributed by atoms with E-state index in [1.165, 1.54) is 5.39 Å². The van der Waals surface area contributed by atoms with Crippen molar-refractivity contribution >= 4 is 10.9 Å². The number of rotatable bonds is 3. The largest absolute Gasteiger partial charge is 0.370 e. The van der Waals surface area contributed by atoms with E-state index in [1.807, 2.05) is 6.07 Å². The molecule has 1 unspecified atom stereocenters. The number of aromatic nitrogens is 4. The van der Waals surface area contributed by atoms with E-state index in [-0.39, 0.29) is 6.10 Å². The van der Waals surface area contributed by atoms with Gasteiger partial charge in [-0.05, 0) is 25.0 Å². The molecule has 134 valence electrons. The van der Waals surface area contributed by atoms with Crippen LogP contribution in [0.3, 0.4) is 0 Å². The van der Waals surface area contributed by atoms with Crippen molar-refractivity contribution in [3.8, 4) is 0 Å². The number of hydrogen-bond acceptors (Lipinski definition) is 5. The Labute approximate surface area is 152 Å². The molecule has 2 aliphatic rings. The van der Waals surface area contributed by atoms with Crippen molar-refractivity contribution in [2.75, 3.05) is 19.7 Å². The number of fused-ring (bicyclic) bond motifs is 2. The first-order chi connectivity index (χ1) is 12.9. The minimum atomic E-state index is 0.130. The second-order valence-electron chi connectivity index (χ2n) is 7.15. The smallest absolute Gasteiger partial charge is 0.162 e. The Hall–Kier alpha value is -2.31. The standard InChI is InChI=1S/C20H23N5O/c1-2-5-17-15(4-1)7-8-16(21-17)14-24-10-9-19-22-23-20(25(19)12-11-24)18-6-3-13-26-18/h1-2,4-5,7-8,18H,3,6,9-14H2. The maximum Gasteiger partial charge on any atom is 0.162 e. The van der Waals surface area contributed by atoms with E-state index >= 15 is 0 Å². The quantitative estimate of drug-likeness (QED) is 0.728. The number of benzene rings is 1. The van der Waals surface area contributed by atoms with Gasteiger partial charge in [-0.2, -0.15) is 0 Å². The molecule has 2 aliphatic heterocycles. The average molecular weight is 349 g/mol. The minimum absolute atomic E-state index is 0.130. The van der Waals surface area contributed by atoms with Crippen LogP contribution in [-0.4, -0.2) is 44.3 Å². The van der Waals surface area contributed by atoms with Gasteiger partial charge in [0.15, 0.2) is 5.82 Å². The van der Waals surface area contributed by atoms with Crippen molar-refractivity contribution in [3.05, 3.63) is 53.7 Å². The van der Waals surface area contributed by atoms with Gasteiger partial charge in [-0.25, -0.2) is 0 Å². The minimum Gasteiger partial charge on any atom is -0.370 e. The summed E-state index contributed by atoms with van der Waals surface area (Å²) in [5.41, 5.74) is 2.19. The van der Waals surface area contributed by atoms with Gasteiger partial charge in [0.1, 0.15) is 11.9 Å². The van der Waals surface area contributed by atoms with E-state index < -0.39 is 0 Å². The highest BCUT2D eigenvalue weighted by atomic mass is 16.5. The third kappa shape index (κ3) is 2.99. The SMILES string of the molecule is c1ccc2nc(CN3CCc4nnc(C5CCCO5)n4CC3)ccc2c1. The molecule has 1 atom stereocenters. The molecule has 3 aromatic rings. The molecule has 0 radical (unpaired) electrons. The lowest BCUT2D eigenvalue weighted by Crippen LogP contribution is -2.27. The summed E-state index contributed by atoms with van der Waals surface area (Å²) in [5.74, 6) is 2.10. The Kier molecular flexibility index (Phi) is 4.15. The highest BCUT2D eigenvalue weighted by molar-refractivity contribution is 5.78. The Morgan fingerprint density at radius 1 is 1.04 bits per heavy atom. The molecule has 2 aromatic heterocycles. The van der Waals surface area contributed by atoms with Gasteiger partial charge in [-0.15, -0.1) is 10.2 Å². The fourth-order valence-electron chi connectivity index (χ4n) is 3.99. The van der Waals surface area contributed by atoms with Crippen LogP contribution in [0, 0.1) is 0 Å². The lowest BCUT2D eigenvalue weighted by Gasteiger charge is -2.19. The molecule has 5 rings (SSSR count). The van der Waals surface area contributed by atoms with Gasteiger partial charge in [0.05, 0.1) is 11.2 Å². The molecule has 6 nitrogen and oxygen atoms in total. The van der Waals surface area contributed by atoms with Crippen LogP contribution in [-0.2, 0) is 24.2 Å². The number of pyridine rings is 1. The van der Waals surface area contributed by atoms with Gasteiger partial charge in [-0.3, -0.25) is 9.88 Å². The maximum absolute atomic E-state index is 5.82. The molecule has 1 saturated heterocycles. The average Bonchev–Trinajstić information content (AvgIpc) is 3.29. The van der Waals surface area contributed by atoms with Crippen LogP contribution in [0.15, 0.2) is 36.4 Å². The molecule has 0 bridgehead atoms. The highest BCUT2D eigenvalue weighted by Crippen LogP contribution is 2.28. The predicted molar refractivity (Wildman–Crippen MR) is 98.7 cm³/mol. The van der Waals surface area contributed by atoms with Gasteiger partial charge >= 0.3 is 0 Å². The van der Waals surface area contributed by atoms with Gasteiger partial charge in [-0.1, -0.05) is 24.3 Å². The number of nitrogens with zero attached hydrogens (tertiary/aromatic N) is 5. The van der Waals surface area contributed by atoms with Gasteiger partial charge in [0.2, 0.25) is 0 Å². The fraction of sp³-hybridized carbons (Fsp3) is 0.450. The summed E-state index contributed by atoms with van der Waals surface area (Å²) in [5, 5.41) is 10.1. The number of hydrogen-bond donors (Lipinski definition) is 0.